The van der Waals surface area contributed by atoms with Crippen LogP contribution in [0.2, 0.25) is 0 Å². The molecule has 0 amide bonds. The summed E-state index contributed by atoms with van der Waals surface area (Å²) in [5, 5.41) is 0. The zero-order valence-electron chi connectivity index (χ0n) is 10.5. The average molecular weight is 314 g/mol. The summed E-state index contributed by atoms with van der Waals surface area (Å²) < 4.78 is 10.9. The number of esters is 1. The lowest BCUT2D eigenvalue weighted by atomic mass is 10.1. The summed E-state index contributed by atoms with van der Waals surface area (Å²) in [6.45, 7) is 1.93. The largest absolute Gasteiger partial charge is 0.497 e. The van der Waals surface area contributed by atoms with Crippen LogP contribution in [-0.4, -0.2) is 33.3 Å². The fraction of sp³-hybridized carbons (Fsp3) is 0.462. The Labute approximate surface area is 115 Å². The van der Waals surface area contributed by atoms with E-state index in [2.05, 4.69) is 20.8 Å². The van der Waals surface area contributed by atoms with Crippen molar-refractivity contribution in [3.8, 4) is 5.75 Å². The zero-order valence-corrected chi connectivity index (χ0v) is 12.1. The Bertz CT molecular complexity index is 456. The Kier molecular flexibility index (Phi) is 4.11. The first-order chi connectivity index (χ1) is 8.67. The highest BCUT2D eigenvalue weighted by Gasteiger charge is 2.23. The molecule has 1 fully saturated rings. The second kappa shape index (κ2) is 5.61. The summed E-state index contributed by atoms with van der Waals surface area (Å²) in [5.74, 6) is 0.307. The Hall–Kier alpha value is -1.23. The molecule has 0 atom stereocenters. The second-order valence-electron chi connectivity index (χ2n) is 4.19. The standard InChI is InChI=1S/C13H16BrNO3/c1-17-9-7-10(13(16)18-2)12(11(14)8-9)15-5-3-4-6-15/h7-8H,3-6H2,1-2H3. The number of rotatable bonds is 3. The molecule has 1 aromatic carbocycles. The molecule has 0 unspecified atom stereocenters. The first kappa shape index (κ1) is 13.2. The molecule has 0 spiro atoms. The lowest BCUT2D eigenvalue weighted by Gasteiger charge is -2.22. The Balaban J connectivity index is 2.50. The predicted molar refractivity (Wildman–Crippen MR) is 73.5 cm³/mol. The van der Waals surface area contributed by atoms with E-state index in [0.717, 1.165) is 36.1 Å². The molecule has 18 heavy (non-hydrogen) atoms. The molecule has 0 saturated carbocycles. The monoisotopic (exact) mass is 313 g/mol. The number of hydrogen-bond acceptors (Lipinski definition) is 4. The summed E-state index contributed by atoms with van der Waals surface area (Å²) in [7, 11) is 2.97. The van der Waals surface area contributed by atoms with Crippen molar-refractivity contribution in [2.75, 3.05) is 32.2 Å². The van der Waals surface area contributed by atoms with Crippen molar-refractivity contribution in [1.29, 1.82) is 0 Å². The zero-order chi connectivity index (χ0) is 13.1. The van der Waals surface area contributed by atoms with Gasteiger partial charge in [0.15, 0.2) is 0 Å². The summed E-state index contributed by atoms with van der Waals surface area (Å²) in [6, 6.07) is 3.60. The minimum atomic E-state index is -0.337. The highest BCUT2D eigenvalue weighted by Crippen LogP contribution is 2.36. The van der Waals surface area contributed by atoms with Crippen LogP contribution in [0.15, 0.2) is 16.6 Å². The van der Waals surface area contributed by atoms with Crippen LogP contribution in [-0.2, 0) is 4.74 Å². The highest BCUT2D eigenvalue weighted by atomic mass is 79.9. The number of anilines is 1. The van der Waals surface area contributed by atoms with Gasteiger partial charge in [0.05, 0.1) is 25.5 Å². The van der Waals surface area contributed by atoms with Gasteiger partial charge in [-0.25, -0.2) is 4.79 Å². The van der Waals surface area contributed by atoms with Gasteiger partial charge in [0.2, 0.25) is 0 Å². The van der Waals surface area contributed by atoms with Crippen molar-refractivity contribution < 1.29 is 14.3 Å². The van der Waals surface area contributed by atoms with E-state index in [1.807, 2.05) is 6.07 Å². The van der Waals surface area contributed by atoms with Crippen molar-refractivity contribution in [2.24, 2.45) is 0 Å². The lowest BCUT2D eigenvalue weighted by Crippen LogP contribution is -2.21. The molecule has 1 aliphatic heterocycles. The fourth-order valence-electron chi connectivity index (χ4n) is 2.22. The molecule has 0 aromatic heterocycles. The van der Waals surface area contributed by atoms with E-state index in [0.29, 0.717) is 11.3 Å². The third-order valence-electron chi connectivity index (χ3n) is 3.10. The first-order valence-corrected chi connectivity index (χ1v) is 6.67. The number of carbonyl (C=O) groups is 1. The van der Waals surface area contributed by atoms with E-state index in [-0.39, 0.29) is 5.97 Å². The summed E-state index contributed by atoms with van der Waals surface area (Å²) in [5.41, 5.74) is 1.45. The quantitative estimate of drug-likeness (QED) is 0.804. The van der Waals surface area contributed by atoms with Crippen molar-refractivity contribution in [3.63, 3.8) is 0 Å². The van der Waals surface area contributed by atoms with Crippen LogP contribution in [0.5, 0.6) is 5.75 Å². The maximum atomic E-state index is 11.9. The maximum absolute atomic E-state index is 11.9. The van der Waals surface area contributed by atoms with Crippen LogP contribution in [0.1, 0.15) is 23.2 Å². The maximum Gasteiger partial charge on any atom is 0.340 e. The van der Waals surface area contributed by atoms with Crippen molar-refractivity contribution in [1.82, 2.24) is 0 Å². The van der Waals surface area contributed by atoms with Gasteiger partial charge in [-0.3, -0.25) is 0 Å². The number of benzene rings is 1. The second-order valence-corrected chi connectivity index (χ2v) is 5.05. The van der Waals surface area contributed by atoms with E-state index in [1.54, 1.807) is 13.2 Å². The lowest BCUT2D eigenvalue weighted by molar-refractivity contribution is 0.0601. The minimum Gasteiger partial charge on any atom is -0.497 e. The van der Waals surface area contributed by atoms with Gasteiger partial charge in [-0.2, -0.15) is 0 Å². The van der Waals surface area contributed by atoms with Gasteiger partial charge in [-0.1, -0.05) is 0 Å². The number of nitrogens with zero attached hydrogens (tertiary/aromatic N) is 1. The molecule has 1 saturated heterocycles. The van der Waals surface area contributed by atoms with E-state index < -0.39 is 0 Å². The normalized spacial score (nSPS) is 14.7. The molecule has 1 heterocycles. The van der Waals surface area contributed by atoms with Gasteiger partial charge in [-0.05, 0) is 40.9 Å². The molecule has 1 aliphatic rings. The van der Waals surface area contributed by atoms with E-state index in [1.165, 1.54) is 7.11 Å². The van der Waals surface area contributed by atoms with Gasteiger partial charge in [0, 0.05) is 17.6 Å². The van der Waals surface area contributed by atoms with Crippen LogP contribution >= 0.6 is 15.9 Å². The number of carbonyl (C=O) groups excluding carboxylic acids is 1. The smallest absolute Gasteiger partial charge is 0.340 e. The summed E-state index contributed by atoms with van der Waals surface area (Å²) >= 11 is 3.52. The average Bonchev–Trinajstić information content (AvgIpc) is 2.90. The number of methoxy groups -OCH3 is 2. The Morgan fingerprint density at radius 2 is 1.94 bits per heavy atom. The van der Waals surface area contributed by atoms with Crippen molar-refractivity contribution in [3.05, 3.63) is 22.2 Å². The molecule has 0 N–H and O–H groups in total. The first-order valence-electron chi connectivity index (χ1n) is 5.88. The molecule has 4 nitrogen and oxygen atoms in total. The fourth-order valence-corrected chi connectivity index (χ4v) is 2.91. The van der Waals surface area contributed by atoms with Gasteiger partial charge >= 0.3 is 5.97 Å². The number of hydrogen-bond donors (Lipinski definition) is 0. The Morgan fingerprint density at radius 3 is 2.50 bits per heavy atom. The third-order valence-corrected chi connectivity index (χ3v) is 3.70. The molecule has 98 valence electrons. The number of halogens is 1. The SMILES string of the molecule is COC(=O)c1cc(OC)cc(Br)c1N1CCCC1. The van der Waals surface area contributed by atoms with Gasteiger partial charge in [0.25, 0.3) is 0 Å². The molecular weight excluding hydrogens is 298 g/mol. The van der Waals surface area contributed by atoms with Gasteiger partial charge in [0.1, 0.15) is 5.75 Å². The van der Waals surface area contributed by atoms with Crippen molar-refractivity contribution >= 4 is 27.6 Å². The Morgan fingerprint density at radius 1 is 1.28 bits per heavy atom. The van der Waals surface area contributed by atoms with E-state index >= 15 is 0 Å². The third kappa shape index (κ3) is 2.46. The van der Waals surface area contributed by atoms with Crippen molar-refractivity contribution in [2.45, 2.75) is 12.8 Å². The minimum absolute atomic E-state index is 0.337. The molecule has 1 aromatic rings. The number of ether oxygens (including phenoxy) is 2. The molecule has 2 rings (SSSR count). The van der Waals surface area contributed by atoms with Crippen LogP contribution < -0.4 is 9.64 Å². The molecule has 0 radical (unpaired) electrons. The molecule has 0 bridgehead atoms. The molecular formula is C13H16BrNO3. The topological polar surface area (TPSA) is 38.8 Å². The van der Waals surface area contributed by atoms with Crippen LogP contribution in [0.25, 0.3) is 0 Å². The van der Waals surface area contributed by atoms with Gasteiger partial charge in [-0.15, -0.1) is 0 Å². The van der Waals surface area contributed by atoms with E-state index in [9.17, 15) is 4.79 Å². The summed E-state index contributed by atoms with van der Waals surface area (Å²) in [6.07, 6.45) is 2.30. The van der Waals surface area contributed by atoms with Crippen LogP contribution in [0.4, 0.5) is 5.69 Å². The summed E-state index contributed by atoms with van der Waals surface area (Å²) in [4.78, 5) is 14.1. The molecule has 0 aliphatic carbocycles. The van der Waals surface area contributed by atoms with E-state index in [4.69, 9.17) is 9.47 Å². The predicted octanol–water partition coefficient (Wildman–Crippen LogP) is 2.84. The molecule has 5 heteroatoms. The van der Waals surface area contributed by atoms with Crippen LogP contribution in [0.3, 0.4) is 0 Å². The van der Waals surface area contributed by atoms with Gasteiger partial charge < -0.3 is 14.4 Å². The highest BCUT2D eigenvalue weighted by molar-refractivity contribution is 9.10. The van der Waals surface area contributed by atoms with Crippen LogP contribution in [0, 0.1) is 0 Å².